The maximum atomic E-state index is 13.5. The van der Waals surface area contributed by atoms with Crippen molar-refractivity contribution in [2.24, 2.45) is 10.8 Å². The van der Waals surface area contributed by atoms with Crippen LogP contribution in [0.1, 0.15) is 5.56 Å². The number of benzene rings is 1. The summed E-state index contributed by atoms with van der Waals surface area (Å²) in [6.45, 7) is 0. The van der Waals surface area contributed by atoms with Gasteiger partial charge < -0.3 is 5.73 Å². The maximum absolute atomic E-state index is 13.5. The van der Waals surface area contributed by atoms with Gasteiger partial charge in [-0.1, -0.05) is 0 Å². The van der Waals surface area contributed by atoms with E-state index in [0.717, 1.165) is 12.1 Å². The third kappa shape index (κ3) is 3.03. The van der Waals surface area contributed by atoms with Crippen molar-refractivity contribution in [2.45, 2.75) is 10.9 Å². The lowest BCUT2D eigenvalue weighted by Crippen LogP contribution is -2.46. The van der Waals surface area contributed by atoms with Gasteiger partial charge in [-0.2, -0.15) is 5.10 Å². The number of amides is 2. The Morgan fingerprint density at radius 1 is 1.48 bits per heavy atom. The number of carbonyl (C=O) groups is 1. The van der Waals surface area contributed by atoms with Crippen LogP contribution in [-0.2, 0) is 9.84 Å². The van der Waals surface area contributed by atoms with Gasteiger partial charge in [0.05, 0.1) is 22.4 Å². The number of nitrogens with zero attached hydrogens (tertiary/aromatic N) is 2. The van der Waals surface area contributed by atoms with E-state index in [1.807, 2.05) is 0 Å². The fraction of sp³-hybridized carbons (Fsp3) is 0.333. The van der Waals surface area contributed by atoms with Crippen molar-refractivity contribution in [2.75, 3.05) is 19.8 Å². The average molecular weight is 314 g/mol. The zero-order valence-corrected chi connectivity index (χ0v) is 12.3. The number of primary amides is 1. The SMILES string of the molecule is CN(C)C1CS(=O)(=O)c2ccc(F)cc2/C1=N/NC(N)=O. The molecule has 0 aromatic heterocycles. The van der Waals surface area contributed by atoms with Crippen molar-refractivity contribution in [3.05, 3.63) is 29.6 Å². The first kappa shape index (κ1) is 15.4. The molecule has 9 heteroatoms. The fourth-order valence-electron chi connectivity index (χ4n) is 2.17. The minimum atomic E-state index is -3.56. The summed E-state index contributed by atoms with van der Waals surface area (Å²) >= 11 is 0. The summed E-state index contributed by atoms with van der Waals surface area (Å²) in [5.41, 5.74) is 7.43. The van der Waals surface area contributed by atoms with E-state index in [2.05, 4.69) is 10.5 Å². The molecular formula is C12H15FN4O3S. The molecule has 0 fully saturated rings. The van der Waals surface area contributed by atoms with E-state index < -0.39 is 27.7 Å². The van der Waals surface area contributed by atoms with Crippen molar-refractivity contribution >= 4 is 21.6 Å². The normalized spacial score (nSPS) is 22.1. The topological polar surface area (TPSA) is 105 Å². The van der Waals surface area contributed by atoms with E-state index in [1.54, 1.807) is 19.0 Å². The van der Waals surface area contributed by atoms with Crippen LogP contribution in [0.15, 0.2) is 28.2 Å². The lowest BCUT2D eigenvalue weighted by molar-refractivity contribution is 0.249. The Morgan fingerprint density at radius 3 is 2.71 bits per heavy atom. The number of hydrazone groups is 1. The number of sulfone groups is 1. The number of carbonyl (C=O) groups excluding carboxylic acids is 1. The van der Waals surface area contributed by atoms with Gasteiger partial charge in [0.15, 0.2) is 9.84 Å². The summed E-state index contributed by atoms with van der Waals surface area (Å²) in [6.07, 6.45) is 0. The second-order valence-electron chi connectivity index (χ2n) is 4.87. The van der Waals surface area contributed by atoms with Gasteiger partial charge in [0.25, 0.3) is 0 Å². The summed E-state index contributed by atoms with van der Waals surface area (Å²) in [7, 11) is -0.216. The molecule has 7 nitrogen and oxygen atoms in total. The predicted molar refractivity (Wildman–Crippen MR) is 75.2 cm³/mol. The molecule has 0 aliphatic carbocycles. The summed E-state index contributed by atoms with van der Waals surface area (Å²) in [5, 5.41) is 3.85. The third-order valence-electron chi connectivity index (χ3n) is 3.16. The Hall–Kier alpha value is -2.00. The number of likely N-dealkylation sites (N-methyl/N-ethyl adjacent to an activating group) is 1. The van der Waals surface area contributed by atoms with E-state index in [0.29, 0.717) is 0 Å². The Bertz CT molecular complexity index is 715. The highest BCUT2D eigenvalue weighted by molar-refractivity contribution is 7.91. The minimum absolute atomic E-state index is 0.00739. The first-order chi connectivity index (χ1) is 9.72. The molecule has 1 aliphatic rings. The summed E-state index contributed by atoms with van der Waals surface area (Å²) in [6, 6.07) is 1.86. The Kier molecular flexibility index (Phi) is 3.97. The molecule has 21 heavy (non-hydrogen) atoms. The monoisotopic (exact) mass is 314 g/mol. The van der Waals surface area contributed by atoms with Crippen molar-refractivity contribution < 1.29 is 17.6 Å². The van der Waals surface area contributed by atoms with E-state index in [4.69, 9.17) is 5.73 Å². The van der Waals surface area contributed by atoms with Crippen molar-refractivity contribution in [3.63, 3.8) is 0 Å². The molecule has 1 aromatic rings. The van der Waals surface area contributed by atoms with Gasteiger partial charge in [0, 0.05) is 5.56 Å². The number of hydrogen-bond acceptors (Lipinski definition) is 5. The van der Waals surface area contributed by atoms with Crippen LogP contribution < -0.4 is 11.2 Å². The third-order valence-corrected chi connectivity index (χ3v) is 4.94. The minimum Gasteiger partial charge on any atom is -0.350 e. The lowest BCUT2D eigenvalue weighted by Gasteiger charge is -2.30. The maximum Gasteiger partial charge on any atom is 0.332 e. The number of nitrogens with one attached hydrogen (secondary N) is 1. The van der Waals surface area contributed by atoms with Gasteiger partial charge in [-0.05, 0) is 32.3 Å². The van der Waals surface area contributed by atoms with Crippen LogP contribution in [0, 0.1) is 5.82 Å². The standard InChI is InChI=1S/C12H15FN4O3S/c1-17(2)9-6-21(19,20)10-4-3-7(13)5-8(10)11(9)15-16-12(14)18/h3-5,9H,6H2,1-2H3,(H3,14,16,18)/b15-11-. The van der Waals surface area contributed by atoms with Gasteiger partial charge in [-0.15, -0.1) is 0 Å². The van der Waals surface area contributed by atoms with Crippen LogP contribution in [0.5, 0.6) is 0 Å². The zero-order chi connectivity index (χ0) is 15.8. The molecule has 1 aliphatic heterocycles. The molecule has 0 spiro atoms. The van der Waals surface area contributed by atoms with Crippen LogP contribution in [0.3, 0.4) is 0 Å². The molecule has 114 valence electrons. The second kappa shape index (κ2) is 5.41. The lowest BCUT2D eigenvalue weighted by atomic mass is 10.0. The van der Waals surface area contributed by atoms with Crippen molar-refractivity contribution in [3.8, 4) is 0 Å². The number of rotatable bonds is 2. The van der Waals surface area contributed by atoms with Crippen LogP contribution in [-0.4, -0.2) is 51.0 Å². The number of nitrogens with two attached hydrogens (primary N) is 1. The fourth-order valence-corrected chi connectivity index (χ4v) is 4.00. The van der Waals surface area contributed by atoms with E-state index in [1.165, 1.54) is 6.07 Å². The molecule has 0 saturated heterocycles. The molecule has 1 aromatic carbocycles. The summed E-state index contributed by atoms with van der Waals surface area (Å²) in [5.74, 6) is -0.798. The molecule has 3 N–H and O–H groups in total. The smallest absolute Gasteiger partial charge is 0.332 e. The van der Waals surface area contributed by atoms with Crippen LogP contribution in [0.2, 0.25) is 0 Å². The predicted octanol–water partition coefficient (Wildman–Crippen LogP) is -0.0844. The Morgan fingerprint density at radius 2 is 2.14 bits per heavy atom. The summed E-state index contributed by atoms with van der Waals surface area (Å²) in [4.78, 5) is 12.4. The molecule has 0 bridgehead atoms. The van der Waals surface area contributed by atoms with E-state index >= 15 is 0 Å². The Balaban J connectivity index is 2.67. The van der Waals surface area contributed by atoms with E-state index in [-0.39, 0.29) is 21.9 Å². The van der Waals surface area contributed by atoms with Crippen molar-refractivity contribution in [1.82, 2.24) is 10.3 Å². The molecule has 1 unspecified atom stereocenters. The average Bonchev–Trinajstić information content (AvgIpc) is 2.36. The van der Waals surface area contributed by atoms with Crippen molar-refractivity contribution in [1.29, 1.82) is 0 Å². The molecule has 0 saturated carbocycles. The van der Waals surface area contributed by atoms with E-state index in [9.17, 15) is 17.6 Å². The number of hydrogen-bond donors (Lipinski definition) is 2. The first-order valence-corrected chi connectivity index (χ1v) is 7.69. The first-order valence-electron chi connectivity index (χ1n) is 6.04. The zero-order valence-electron chi connectivity index (χ0n) is 11.5. The van der Waals surface area contributed by atoms with Gasteiger partial charge in [-0.3, -0.25) is 4.90 Å². The summed E-state index contributed by atoms with van der Waals surface area (Å²) < 4.78 is 38.0. The molecule has 2 amide bonds. The van der Waals surface area contributed by atoms with Gasteiger partial charge in [0.2, 0.25) is 0 Å². The highest BCUT2D eigenvalue weighted by Gasteiger charge is 2.37. The highest BCUT2D eigenvalue weighted by atomic mass is 32.2. The molecule has 1 atom stereocenters. The molecule has 0 radical (unpaired) electrons. The second-order valence-corrected chi connectivity index (χ2v) is 6.88. The number of urea groups is 1. The van der Waals surface area contributed by atoms with Gasteiger partial charge in [0.1, 0.15) is 5.82 Å². The van der Waals surface area contributed by atoms with Crippen LogP contribution in [0.4, 0.5) is 9.18 Å². The molecular weight excluding hydrogens is 299 g/mol. The number of fused-ring (bicyclic) bond motifs is 1. The van der Waals surface area contributed by atoms with Gasteiger partial charge >= 0.3 is 6.03 Å². The highest BCUT2D eigenvalue weighted by Crippen LogP contribution is 2.28. The number of halogens is 1. The van der Waals surface area contributed by atoms with Crippen LogP contribution >= 0.6 is 0 Å². The van der Waals surface area contributed by atoms with Crippen LogP contribution in [0.25, 0.3) is 0 Å². The Labute approximate surface area is 121 Å². The molecule has 2 rings (SSSR count). The molecule has 1 heterocycles. The quantitative estimate of drug-likeness (QED) is 0.588. The largest absolute Gasteiger partial charge is 0.350 e. The van der Waals surface area contributed by atoms with Gasteiger partial charge in [-0.25, -0.2) is 23.0 Å².